The molecule has 2 aromatic rings. The van der Waals surface area contributed by atoms with E-state index in [9.17, 15) is 18.3 Å². The molecule has 0 radical (unpaired) electrons. The van der Waals surface area contributed by atoms with Crippen molar-refractivity contribution in [3.63, 3.8) is 0 Å². The molecule has 2 aliphatic rings. The highest BCUT2D eigenvalue weighted by Crippen LogP contribution is 2.30. The van der Waals surface area contributed by atoms with Gasteiger partial charge >= 0.3 is 6.18 Å². The number of aromatic nitrogens is 2. The van der Waals surface area contributed by atoms with E-state index in [1.807, 2.05) is 31.2 Å². The van der Waals surface area contributed by atoms with Crippen molar-refractivity contribution < 1.29 is 27.8 Å². The van der Waals surface area contributed by atoms with Crippen molar-refractivity contribution >= 4 is 5.82 Å². The Morgan fingerprint density at radius 2 is 2.00 bits per heavy atom. The highest BCUT2D eigenvalue weighted by Gasteiger charge is 2.33. The van der Waals surface area contributed by atoms with Gasteiger partial charge in [0.25, 0.3) is 0 Å². The summed E-state index contributed by atoms with van der Waals surface area (Å²) in [6.45, 7) is 4.69. The smallest absolute Gasteiger partial charge is 0.401 e. The number of benzene rings is 1. The number of piperazine rings is 1. The summed E-state index contributed by atoms with van der Waals surface area (Å²) in [6.07, 6.45) is -3.10. The Bertz CT molecular complexity index is 1030. The Morgan fingerprint density at radius 3 is 2.68 bits per heavy atom. The lowest BCUT2D eigenvalue weighted by atomic mass is 9.99. The molecule has 3 heterocycles. The van der Waals surface area contributed by atoms with Crippen LogP contribution in [0.15, 0.2) is 24.3 Å². The third-order valence-corrected chi connectivity index (χ3v) is 6.78. The van der Waals surface area contributed by atoms with E-state index in [4.69, 9.17) is 19.4 Å². The number of hydrogen-bond acceptors (Lipinski definition) is 8. The first kappa shape index (κ1) is 27.6. The van der Waals surface area contributed by atoms with Gasteiger partial charge < -0.3 is 24.8 Å². The minimum Gasteiger partial charge on any atom is -0.491 e. The number of rotatable bonds is 10. The van der Waals surface area contributed by atoms with Crippen LogP contribution in [0.5, 0.6) is 5.75 Å². The molecule has 2 aliphatic heterocycles. The number of ether oxygens (including phenoxy) is 2. The third-order valence-electron chi connectivity index (χ3n) is 6.78. The van der Waals surface area contributed by atoms with E-state index in [-0.39, 0.29) is 6.61 Å². The average Bonchev–Trinajstić information content (AvgIpc) is 3.37. The van der Waals surface area contributed by atoms with Gasteiger partial charge in [0.2, 0.25) is 0 Å². The molecule has 1 aromatic carbocycles. The summed E-state index contributed by atoms with van der Waals surface area (Å²) < 4.78 is 49.9. The second-order valence-corrected chi connectivity index (χ2v) is 9.80. The molecule has 37 heavy (non-hydrogen) atoms. The zero-order valence-electron chi connectivity index (χ0n) is 21.4. The number of halogens is 3. The standard InChI is InChI=1S/C26H36F3N5O3/c1-18-23(12-19-6-11-36-15-19)31-24(20-4-3-5-22(13-20)37-16-21(35)14-30-2)32-25(18)34-9-7-33(8-10-34)17-26(27,28)29/h3-5,13,19,21,30,35H,6-12,14-17H2,1-2H3. The summed E-state index contributed by atoms with van der Waals surface area (Å²) in [6, 6.07) is 7.44. The predicted molar refractivity (Wildman–Crippen MR) is 135 cm³/mol. The Morgan fingerprint density at radius 1 is 1.22 bits per heavy atom. The van der Waals surface area contributed by atoms with Gasteiger partial charge in [0, 0.05) is 62.8 Å². The number of nitrogens with one attached hydrogen (secondary N) is 1. The minimum absolute atomic E-state index is 0.152. The van der Waals surface area contributed by atoms with Crippen LogP contribution in [0.2, 0.25) is 0 Å². The van der Waals surface area contributed by atoms with E-state index in [0.29, 0.717) is 56.8 Å². The Hall–Kier alpha value is -2.47. The zero-order valence-corrected chi connectivity index (χ0v) is 21.4. The molecule has 2 fully saturated rings. The fourth-order valence-corrected chi connectivity index (χ4v) is 4.79. The number of alkyl halides is 3. The highest BCUT2D eigenvalue weighted by atomic mass is 19.4. The summed E-state index contributed by atoms with van der Waals surface area (Å²) >= 11 is 0. The summed E-state index contributed by atoms with van der Waals surface area (Å²) in [5.74, 6) is 2.29. The number of aliphatic hydroxyl groups excluding tert-OH is 1. The van der Waals surface area contributed by atoms with E-state index < -0.39 is 18.8 Å². The third kappa shape index (κ3) is 7.76. The topological polar surface area (TPSA) is 83.0 Å². The molecule has 0 aliphatic carbocycles. The average molecular weight is 524 g/mol. The second kappa shape index (κ2) is 12.4. The second-order valence-electron chi connectivity index (χ2n) is 9.80. The lowest BCUT2D eigenvalue weighted by Crippen LogP contribution is -2.49. The SMILES string of the molecule is CNCC(O)COc1cccc(-c2nc(CC3CCOC3)c(C)c(N3CCN(CC(F)(F)F)CC3)n2)c1. The first-order chi connectivity index (χ1) is 17.7. The molecule has 4 rings (SSSR count). The van der Waals surface area contributed by atoms with Crippen LogP contribution in [0.4, 0.5) is 19.0 Å². The molecule has 0 spiro atoms. The molecule has 0 amide bonds. The summed E-state index contributed by atoms with van der Waals surface area (Å²) in [7, 11) is 1.77. The van der Waals surface area contributed by atoms with Crippen LogP contribution < -0.4 is 15.0 Å². The number of aliphatic hydroxyl groups is 1. The van der Waals surface area contributed by atoms with Gasteiger partial charge in [0.1, 0.15) is 24.3 Å². The lowest BCUT2D eigenvalue weighted by molar-refractivity contribution is -0.146. The van der Waals surface area contributed by atoms with Crippen molar-refractivity contribution in [3.05, 3.63) is 35.5 Å². The molecule has 204 valence electrons. The van der Waals surface area contributed by atoms with Gasteiger partial charge in [-0.3, -0.25) is 4.90 Å². The van der Waals surface area contributed by atoms with Crippen LogP contribution in [0.1, 0.15) is 17.7 Å². The van der Waals surface area contributed by atoms with Crippen molar-refractivity contribution in [1.82, 2.24) is 20.2 Å². The number of anilines is 1. The van der Waals surface area contributed by atoms with Crippen LogP contribution in [-0.2, 0) is 11.2 Å². The minimum atomic E-state index is -4.20. The van der Waals surface area contributed by atoms with Gasteiger partial charge in [0.15, 0.2) is 5.82 Å². The molecule has 8 nitrogen and oxygen atoms in total. The largest absolute Gasteiger partial charge is 0.491 e. The zero-order chi connectivity index (χ0) is 26.4. The maximum atomic E-state index is 12.9. The van der Waals surface area contributed by atoms with Crippen molar-refractivity contribution in [2.75, 3.05) is 71.0 Å². The molecular formula is C26H36F3N5O3. The van der Waals surface area contributed by atoms with Gasteiger partial charge in [-0.15, -0.1) is 0 Å². The molecule has 2 N–H and O–H groups in total. The summed E-state index contributed by atoms with van der Waals surface area (Å²) in [5.41, 5.74) is 2.67. The molecule has 2 saturated heterocycles. The molecule has 2 atom stereocenters. The van der Waals surface area contributed by atoms with E-state index in [1.54, 1.807) is 7.05 Å². The van der Waals surface area contributed by atoms with Crippen molar-refractivity contribution in [1.29, 1.82) is 0 Å². The molecular weight excluding hydrogens is 487 g/mol. The number of likely N-dealkylation sites (N-methyl/N-ethyl adjacent to an activating group) is 1. The normalized spacial score (nSPS) is 19.8. The lowest BCUT2D eigenvalue weighted by Gasteiger charge is -2.36. The molecule has 0 saturated carbocycles. The Balaban J connectivity index is 1.58. The van der Waals surface area contributed by atoms with Gasteiger partial charge in [-0.1, -0.05) is 12.1 Å². The maximum absolute atomic E-state index is 12.9. The first-order valence-corrected chi connectivity index (χ1v) is 12.8. The number of nitrogens with zero attached hydrogens (tertiary/aromatic N) is 4. The van der Waals surface area contributed by atoms with Gasteiger partial charge in [0.05, 0.1) is 6.54 Å². The summed E-state index contributed by atoms with van der Waals surface area (Å²) in [4.78, 5) is 13.3. The summed E-state index contributed by atoms with van der Waals surface area (Å²) in [5, 5.41) is 12.9. The first-order valence-electron chi connectivity index (χ1n) is 12.8. The molecule has 0 bridgehead atoms. The monoisotopic (exact) mass is 523 g/mol. The Labute approximate surface area is 215 Å². The van der Waals surface area contributed by atoms with Crippen LogP contribution in [-0.4, -0.2) is 98.4 Å². The quantitative estimate of drug-likeness (QED) is 0.492. The van der Waals surface area contributed by atoms with Crippen molar-refractivity contribution in [2.24, 2.45) is 5.92 Å². The van der Waals surface area contributed by atoms with E-state index in [2.05, 4.69) is 10.2 Å². The van der Waals surface area contributed by atoms with E-state index >= 15 is 0 Å². The van der Waals surface area contributed by atoms with Crippen molar-refractivity contribution in [3.8, 4) is 17.1 Å². The molecule has 1 aromatic heterocycles. The number of hydrogen-bond donors (Lipinski definition) is 2. The molecule has 2 unspecified atom stereocenters. The van der Waals surface area contributed by atoms with Crippen LogP contribution in [0.3, 0.4) is 0 Å². The Kier molecular flexibility index (Phi) is 9.22. The highest BCUT2D eigenvalue weighted by molar-refractivity contribution is 5.62. The van der Waals surface area contributed by atoms with Crippen molar-refractivity contribution in [2.45, 2.75) is 32.0 Å². The van der Waals surface area contributed by atoms with E-state index in [0.717, 1.165) is 42.1 Å². The van der Waals surface area contributed by atoms with Gasteiger partial charge in [-0.05, 0) is 44.9 Å². The maximum Gasteiger partial charge on any atom is 0.401 e. The van der Waals surface area contributed by atoms with Crippen LogP contribution in [0.25, 0.3) is 11.4 Å². The predicted octanol–water partition coefficient (Wildman–Crippen LogP) is 2.67. The van der Waals surface area contributed by atoms with Gasteiger partial charge in [-0.2, -0.15) is 13.2 Å². The molecule has 11 heteroatoms. The fourth-order valence-electron chi connectivity index (χ4n) is 4.79. The van der Waals surface area contributed by atoms with Gasteiger partial charge in [-0.25, -0.2) is 9.97 Å². The van der Waals surface area contributed by atoms with Crippen LogP contribution >= 0.6 is 0 Å². The van der Waals surface area contributed by atoms with Crippen LogP contribution in [0, 0.1) is 12.8 Å². The fraction of sp³-hybridized carbons (Fsp3) is 0.615. The van der Waals surface area contributed by atoms with E-state index in [1.165, 1.54) is 4.90 Å².